The molecule has 14 heavy (non-hydrogen) atoms. The van der Waals surface area contributed by atoms with E-state index >= 15 is 0 Å². The lowest BCUT2D eigenvalue weighted by molar-refractivity contribution is -0.142. The maximum Gasteiger partial charge on any atom is 0.323 e. The molecule has 0 rings (SSSR count). The zero-order valence-electron chi connectivity index (χ0n) is 9.42. The van der Waals surface area contributed by atoms with Crippen LogP contribution in [0.3, 0.4) is 0 Å². The normalized spacial score (nSPS) is 15.5. The van der Waals surface area contributed by atoms with Gasteiger partial charge in [-0.25, -0.2) is 0 Å². The molecule has 0 radical (unpaired) electrons. The Morgan fingerprint density at radius 2 is 2.07 bits per heavy atom. The van der Waals surface area contributed by atoms with E-state index in [9.17, 15) is 4.79 Å². The summed E-state index contributed by atoms with van der Waals surface area (Å²) in [4.78, 5) is 12.9. The van der Waals surface area contributed by atoms with Crippen LogP contribution >= 0.6 is 0 Å². The van der Waals surface area contributed by atoms with Gasteiger partial charge in [0, 0.05) is 0 Å². The van der Waals surface area contributed by atoms with E-state index in [1.54, 1.807) is 6.92 Å². The quantitative estimate of drug-likeness (QED) is 0.602. The van der Waals surface area contributed by atoms with Gasteiger partial charge in [-0.3, -0.25) is 4.79 Å². The van der Waals surface area contributed by atoms with Gasteiger partial charge in [-0.1, -0.05) is 6.92 Å². The summed E-state index contributed by atoms with van der Waals surface area (Å²) in [6.07, 6.45) is 2.41. The summed E-state index contributed by atoms with van der Waals surface area (Å²) in [7, 11) is 2.05. The summed E-state index contributed by atoms with van der Waals surface area (Å²) in [6, 6.07) is 0. The Morgan fingerprint density at radius 1 is 1.50 bits per heavy atom. The number of nitrogens with two attached hydrogens (primary N) is 1. The molecule has 0 spiro atoms. The molecule has 0 aromatic carbocycles. The van der Waals surface area contributed by atoms with E-state index in [4.69, 9.17) is 10.8 Å². The molecule has 0 aliphatic carbocycles. The van der Waals surface area contributed by atoms with Gasteiger partial charge in [-0.2, -0.15) is 0 Å². The van der Waals surface area contributed by atoms with Crippen LogP contribution in [0.2, 0.25) is 0 Å². The van der Waals surface area contributed by atoms with E-state index < -0.39 is 11.5 Å². The van der Waals surface area contributed by atoms with Crippen LogP contribution in [0.25, 0.3) is 0 Å². The highest BCUT2D eigenvalue weighted by atomic mass is 16.4. The molecule has 1 unspecified atom stereocenters. The molecule has 4 nitrogen and oxygen atoms in total. The predicted molar refractivity (Wildman–Crippen MR) is 57.3 cm³/mol. The fourth-order valence-electron chi connectivity index (χ4n) is 1.14. The summed E-state index contributed by atoms with van der Waals surface area (Å²) >= 11 is 0. The molecule has 1 atom stereocenters. The number of carboxylic acids is 1. The number of hydrogen-bond donors (Lipinski definition) is 2. The number of aliphatic carboxylic acids is 1. The van der Waals surface area contributed by atoms with Gasteiger partial charge < -0.3 is 15.7 Å². The average molecular weight is 202 g/mol. The molecule has 0 heterocycles. The van der Waals surface area contributed by atoms with Gasteiger partial charge in [0.25, 0.3) is 0 Å². The highest BCUT2D eigenvalue weighted by molar-refractivity contribution is 5.77. The molecule has 0 amide bonds. The highest BCUT2D eigenvalue weighted by Crippen LogP contribution is 2.10. The van der Waals surface area contributed by atoms with Crippen LogP contribution in [0, 0.1) is 0 Å². The third-order valence-electron chi connectivity index (χ3n) is 2.51. The Bertz CT molecular complexity index is 181. The average Bonchev–Trinajstić information content (AvgIpc) is 2.11. The van der Waals surface area contributed by atoms with Gasteiger partial charge in [0.15, 0.2) is 0 Å². The zero-order chi connectivity index (χ0) is 11.2. The maximum absolute atomic E-state index is 10.7. The Hall–Kier alpha value is -0.610. The molecule has 0 saturated heterocycles. The van der Waals surface area contributed by atoms with Crippen LogP contribution in [-0.2, 0) is 4.79 Å². The number of carboxylic acid groups (broad SMARTS) is 1. The van der Waals surface area contributed by atoms with Crippen molar-refractivity contribution < 1.29 is 9.90 Å². The number of hydrogen-bond acceptors (Lipinski definition) is 3. The smallest absolute Gasteiger partial charge is 0.323 e. The first-order valence-corrected chi connectivity index (χ1v) is 5.11. The summed E-state index contributed by atoms with van der Waals surface area (Å²) in [5.74, 6) is -0.915. The molecule has 0 aromatic heterocycles. The lowest BCUT2D eigenvalue weighted by atomic mass is 9.96. The van der Waals surface area contributed by atoms with Crippen molar-refractivity contribution in [1.29, 1.82) is 0 Å². The third kappa shape index (κ3) is 5.19. The maximum atomic E-state index is 10.7. The molecular weight excluding hydrogens is 180 g/mol. The fraction of sp³-hybridized carbons (Fsp3) is 0.900. The summed E-state index contributed by atoms with van der Waals surface area (Å²) in [5, 5.41) is 8.76. The topological polar surface area (TPSA) is 66.6 Å². The second-order valence-corrected chi connectivity index (χ2v) is 4.08. The Balaban J connectivity index is 3.59. The third-order valence-corrected chi connectivity index (χ3v) is 2.51. The Kier molecular flexibility index (Phi) is 5.72. The van der Waals surface area contributed by atoms with E-state index in [1.165, 1.54) is 0 Å². The van der Waals surface area contributed by atoms with Crippen LogP contribution in [0.5, 0.6) is 0 Å². The van der Waals surface area contributed by atoms with Crippen molar-refractivity contribution in [2.24, 2.45) is 5.73 Å². The van der Waals surface area contributed by atoms with Gasteiger partial charge in [-0.05, 0) is 46.3 Å². The Labute approximate surface area is 86.1 Å². The van der Waals surface area contributed by atoms with E-state index in [0.29, 0.717) is 6.42 Å². The van der Waals surface area contributed by atoms with Gasteiger partial charge in [0.05, 0.1) is 0 Å². The summed E-state index contributed by atoms with van der Waals surface area (Å²) in [5.41, 5.74) is 4.53. The molecule has 0 aliphatic heterocycles. The van der Waals surface area contributed by atoms with Crippen molar-refractivity contribution in [2.75, 3.05) is 20.1 Å². The summed E-state index contributed by atoms with van der Waals surface area (Å²) in [6.45, 7) is 5.70. The summed E-state index contributed by atoms with van der Waals surface area (Å²) < 4.78 is 0. The van der Waals surface area contributed by atoms with Crippen LogP contribution in [-0.4, -0.2) is 41.7 Å². The number of rotatable bonds is 7. The molecule has 84 valence electrons. The van der Waals surface area contributed by atoms with Crippen LogP contribution in [0.4, 0.5) is 0 Å². The fourth-order valence-corrected chi connectivity index (χ4v) is 1.14. The minimum absolute atomic E-state index is 0.542. The minimum atomic E-state index is -1.06. The van der Waals surface area contributed by atoms with E-state index in [-0.39, 0.29) is 0 Å². The molecular formula is C10H22N2O2. The molecule has 0 saturated carbocycles. The van der Waals surface area contributed by atoms with Crippen molar-refractivity contribution in [3.63, 3.8) is 0 Å². The molecule has 0 aliphatic rings. The van der Waals surface area contributed by atoms with Gasteiger partial charge in [0.1, 0.15) is 5.54 Å². The van der Waals surface area contributed by atoms with Crippen molar-refractivity contribution >= 4 is 5.97 Å². The lowest BCUT2D eigenvalue weighted by Crippen LogP contribution is -2.44. The first-order valence-electron chi connectivity index (χ1n) is 5.11. The van der Waals surface area contributed by atoms with E-state index in [1.807, 2.05) is 0 Å². The Morgan fingerprint density at radius 3 is 2.50 bits per heavy atom. The highest BCUT2D eigenvalue weighted by Gasteiger charge is 2.26. The molecule has 0 bridgehead atoms. The molecule has 0 fully saturated rings. The van der Waals surface area contributed by atoms with Crippen molar-refractivity contribution in [1.82, 2.24) is 4.90 Å². The molecule has 4 heteroatoms. The van der Waals surface area contributed by atoms with Gasteiger partial charge in [-0.15, -0.1) is 0 Å². The van der Waals surface area contributed by atoms with Crippen molar-refractivity contribution in [3.05, 3.63) is 0 Å². The second kappa shape index (κ2) is 5.98. The predicted octanol–water partition coefficient (Wildman–Crippen LogP) is 0.910. The van der Waals surface area contributed by atoms with E-state index in [0.717, 1.165) is 25.9 Å². The van der Waals surface area contributed by atoms with Crippen molar-refractivity contribution in [3.8, 4) is 0 Å². The largest absolute Gasteiger partial charge is 0.480 e. The standard InChI is InChI=1S/C10H22N2O2/c1-4-12(3)8-6-5-7-10(2,11)9(13)14/h4-8,11H2,1-3H3,(H,13,14). The molecule has 3 N–H and O–H groups in total. The number of unbranched alkanes of at least 4 members (excludes halogenated alkanes) is 1. The lowest BCUT2D eigenvalue weighted by Gasteiger charge is -2.19. The minimum Gasteiger partial charge on any atom is -0.480 e. The van der Waals surface area contributed by atoms with Gasteiger partial charge >= 0.3 is 5.97 Å². The van der Waals surface area contributed by atoms with E-state index in [2.05, 4.69) is 18.9 Å². The number of carbonyl (C=O) groups is 1. The SMILES string of the molecule is CCN(C)CCCCC(C)(N)C(=O)O. The first-order chi connectivity index (χ1) is 6.40. The zero-order valence-corrected chi connectivity index (χ0v) is 9.42. The first kappa shape index (κ1) is 13.4. The van der Waals surface area contributed by atoms with Crippen LogP contribution in [0.15, 0.2) is 0 Å². The van der Waals surface area contributed by atoms with Crippen LogP contribution < -0.4 is 5.73 Å². The number of nitrogens with zero attached hydrogens (tertiary/aromatic N) is 1. The van der Waals surface area contributed by atoms with Gasteiger partial charge in [0.2, 0.25) is 0 Å². The molecule has 0 aromatic rings. The monoisotopic (exact) mass is 202 g/mol. The van der Waals surface area contributed by atoms with Crippen LogP contribution in [0.1, 0.15) is 33.1 Å². The second-order valence-electron chi connectivity index (χ2n) is 4.08. The van der Waals surface area contributed by atoms with Crippen molar-refractivity contribution in [2.45, 2.75) is 38.6 Å².